The number of ketones is 1. The lowest BCUT2D eigenvalue weighted by Gasteiger charge is -2.43. The van der Waals surface area contributed by atoms with Gasteiger partial charge in [-0.15, -0.1) is 6.42 Å². The number of rotatable bonds is 3. The van der Waals surface area contributed by atoms with Gasteiger partial charge in [-0.1, -0.05) is 17.5 Å². The van der Waals surface area contributed by atoms with Crippen LogP contribution in [-0.2, 0) is 9.59 Å². The lowest BCUT2D eigenvalue weighted by atomic mass is 9.87. The zero-order valence-electron chi connectivity index (χ0n) is 12.9. The van der Waals surface area contributed by atoms with Crippen molar-refractivity contribution in [1.82, 2.24) is 5.32 Å². The van der Waals surface area contributed by atoms with Gasteiger partial charge in [-0.05, 0) is 12.5 Å². The average Bonchev–Trinajstić information content (AvgIpc) is 2.55. The Balaban J connectivity index is 2.03. The third-order valence-corrected chi connectivity index (χ3v) is 4.57. The van der Waals surface area contributed by atoms with Crippen molar-refractivity contribution in [2.24, 2.45) is 0 Å². The maximum absolute atomic E-state index is 14.5. The Bertz CT molecular complexity index is 731. The smallest absolute Gasteiger partial charge is 0.227 e. The topological polar surface area (TPSA) is 58.6 Å². The van der Waals surface area contributed by atoms with E-state index in [1.165, 1.54) is 11.0 Å². The highest BCUT2D eigenvalue weighted by molar-refractivity contribution is 6.32. The number of amides is 1. The quantitative estimate of drug-likeness (QED) is 0.846. The van der Waals surface area contributed by atoms with Gasteiger partial charge in [-0.25, -0.2) is 4.39 Å². The second-order valence-corrected chi connectivity index (χ2v) is 6.16. The molecule has 2 aliphatic heterocycles. The summed E-state index contributed by atoms with van der Waals surface area (Å²) in [6.45, 7) is 0.535. The van der Waals surface area contributed by atoms with E-state index in [1.807, 2.05) is 0 Å². The van der Waals surface area contributed by atoms with Crippen LogP contribution in [0.5, 0.6) is 5.75 Å². The SMILES string of the molecule is C#CCOc1cc(N2C(=O)CCC3NCCC(=O)C32)c(F)cc1Cl. The zero-order chi connectivity index (χ0) is 17.3. The number of anilines is 1. The molecule has 2 fully saturated rings. The van der Waals surface area contributed by atoms with Crippen LogP contribution in [0, 0.1) is 18.2 Å². The Morgan fingerprint density at radius 3 is 2.96 bits per heavy atom. The van der Waals surface area contributed by atoms with Crippen LogP contribution in [0.2, 0.25) is 5.02 Å². The van der Waals surface area contributed by atoms with E-state index in [0.29, 0.717) is 19.4 Å². The molecule has 126 valence electrons. The average molecular weight is 351 g/mol. The van der Waals surface area contributed by atoms with Crippen molar-refractivity contribution in [1.29, 1.82) is 0 Å². The predicted octanol–water partition coefficient (Wildman–Crippen LogP) is 1.92. The highest BCUT2D eigenvalue weighted by Gasteiger charge is 2.43. The molecule has 0 aromatic heterocycles. The second-order valence-electron chi connectivity index (χ2n) is 5.75. The maximum Gasteiger partial charge on any atom is 0.227 e. The number of hydrogen-bond donors (Lipinski definition) is 1. The Kier molecular flexibility index (Phi) is 4.74. The summed E-state index contributed by atoms with van der Waals surface area (Å²) in [7, 11) is 0. The molecule has 0 radical (unpaired) electrons. The van der Waals surface area contributed by atoms with Gasteiger partial charge in [0.05, 0.1) is 10.7 Å². The van der Waals surface area contributed by atoms with Crippen LogP contribution < -0.4 is 15.0 Å². The van der Waals surface area contributed by atoms with Crippen LogP contribution in [0.4, 0.5) is 10.1 Å². The molecule has 2 heterocycles. The first-order chi connectivity index (χ1) is 11.5. The summed E-state index contributed by atoms with van der Waals surface area (Å²) in [6.07, 6.45) is 6.26. The molecule has 0 bridgehead atoms. The fourth-order valence-electron chi connectivity index (χ4n) is 3.22. The Morgan fingerprint density at radius 1 is 1.42 bits per heavy atom. The zero-order valence-corrected chi connectivity index (χ0v) is 13.6. The van der Waals surface area contributed by atoms with Crippen LogP contribution in [0.3, 0.4) is 0 Å². The molecular weight excluding hydrogens is 335 g/mol. The predicted molar refractivity (Wildman–Crippen MR) is 87.7 cm³/mol. The molecule has 5 nitrogen and oxygen atoms in total. The summed E-state index contributed by atoms with van der Waals surface area (Å²) in [6, 6.07) is 1.52. The van der Waals surface area contributed by atoms with Gasteiger partial charge in [-0.3, -0.25) is 14.5 Å². The lowest BCUT2D eigenvalue weighted by Crippen LogP contribution is -2.63. The van der Waals surface area contributed by atoms with Crippen molar-refractivity contribution in [2.45, 2.75) is 31.3 Å². The number of terminal acetylenes is 1. The molecule has 7 heteroatoms. The van der Waals surface area contributed by atoms with Gasteiger partial charge < -0.3 is 10.1 Å². The molecule has 0 aliphatic carbocycles. The van der Waals surface area contributed by atoms with Crippen molar-refractivity contribution in [3.05, 3.63) is 23.0 Å². The highest BCUT2D eigenvalue weighted by Crippen LogP contribution is 2.36. The minimum absolute atomic E-state index is 0.0110. The number of carbonyl (C=O) groups is 2. The summed E-state index contributed by atoms with van der Waals surface area (Å²) in [5, 5.41) is 3.29. The van der Waals surface area contributed by atoms with Crippen molar-refractivity contribution in [3.63, 3.8) is 0 Å². The lowest BCUT2D eigenvalue weighted by molar-refractivity contribution is -0.129. The number of benzene rings is 1. The van der Waals surface area contributed by atoms with E-state index < -0.39 is 11.9 Å². The number of Topliss-reactive ketones (excluding diaryl/α,β-unsaturated/α-hetero) is 1. The van der Waals surface area contributed by atoms with Crippen molar-refractivity contribution < 1.29 is 18.7 Å². The van der Waals surface area contributed by atoms with Gasteiger partial charge in [0.25, 0.3) is 0 Å². The van der Waals surface area contributed by atoms with Gasteiger partial charge in [0.15, 0.2) is 5.78 Å². The molecule has 1 N–H and O–H groups in total. The van der Waals surface area contributed by atoms with E-state index in [9.17, 15) is 14.0 Å². The minimum atomic E-state index is -0.712. The monoisotopic (exact) mass is 350 g/mol. The Labute approximate surface area is 144 Å². The number of halogens is 2. The van der Waals surface area contributed by atoms with Crippen LogP contribution in [0.1, 0.15) is 19.3 Å². The number of piperidine rings is 2. The van der Waals surface area contributed by atoms with Crippen molar-refractivity contribution >= 4 is 29.0 Å². The molecule has 2 unspecified atom stereocenters. The second kappa shape index (κ2) is 6.80. The van der Waals surface area contributed by atoms with Crippen LogP contribution >= 0.6 is 11.6 Å². The molecule has 0 spiro atoms. The Morgan fingerprint density at radius 2 is 2.21 bits per heavy atom. The number of nitrogens with one attached hydrogen (secondary N) is 1. The Hall–Kier alpha value is -2.10. The maximum atomic E-state index is 14.5. The molecule has 2 atom stereocenters. The molecular formula is C17H16ClFN2O3. The summed E-state index contributed by atoms with van der Waals surface area (Å²) in [5.74, 6) is 1.43. The van der Waals surface area contributed by atoms with Gasteiger partial charge >= 0.3 is 0 Å². The van der Waals surface area contributed by atoms with E-state index in [4.69, 9.17) is 22.8 Å². The van der Waals surface area contributed by atoms with Crippen molar-refractivity contribution in [2.75, 3.05) is 18.1 Å². The van der Waals surface area contributed by atoms with Gasteiger partial charge in [0.1, 0.15) is 24.2 Å². The third-order valence-electron chi connectivity index (χ3n) is 4.28. The minimum Gasteiger partial charge on any atom is -0.479 e. The normalized spacial score (nSPS) is 23.6. The van der Waals surface area contributed by atoms with E-state index in [-0.39, 0.29) is 47.2 Å². The van der Waals surface area contributed by atoms with Crippen LogP contribution in [0.25, 0.3) is 0 Å². The summed E-state index contributed by atoms with van der Waals surface area (Å²) >= 11 is 5.96. The molecule has 1 amide bonds. The van der Waals surface area contributed by atoms with Crippen LogP contribution in [-0.4, -0.2) is 36.9 Å². The first kappa shape index (κ1) is 16.7. The molecule has 2 saturated heterocycles. The van der Waals surface area contributed by atoms with E-state index in [0.717, 1.165) is 6.07 Å². The highest BCUT2D eigenvalue weighted by atomic mass is 35.5. The molecule has 24 heavy (non-hydrogen) atoms. The molecule has 1 aromatic carbocycles. The summed E-state index contributed by atoms with van der Waals surface area (Å²) in [5.41, 5.74) is -0.0110. The molecule has 2 aliphatic rings. The molecule has 1 aromatic rings. The van der Waals surface area contributed by atoms with E-state index in [1.54, 1.807) is 0 Å². The number of nitrogens with zero attached hydrogens (tertiary/aromatic N) is 1. The summed E-state index contributed by atoms with van der Waals surface area (Å²) < 4.78 is 19.8. The van der Waals surface area contributed by atoms with Gasteiger partial charge in [0, 0.05) is 31.5 Å². The molecule has 0 saturated carbocycles. The number of ether oxygens (including phenoxy) is 1. The van der Waals surface area contributed by atoms with Crippen LogP contribution in [0.15, 0.2) is 12.1 Å². The number of fused-ring (bicyclic) bond motifs is 1. The fourth-order valence-corrected chi connectivity index (χ4v) is 3.43. The largest absolute Gasteiger partial charge is 0.479 e. The van der Waals surface area contributed by atoms with Gasteiger partial charge in [0.2, 0.25) is 5.91 Å². The fraction of sp³-hybridized carbons (Fsp3) is 0.412. The first-order valence-corrected chi connectivity index (χ1v) is 8.04. The number of hydrogen-bond acceptors (Lipinski definition) is 4. The van der Waals surface area contributed by atoms with E-state index in [2.05, 4.69) is 11.2 Å². The number of carbonyl (C=O) groups excluding carboxylic acids is 2. The van der Waals surface area contributed by atoms with Gasteiger partial charge in [-0.2, -0.15) is 0 Å². The van der Waals surface area contributed by atoms with Crippen molar-refractivity contribution in [3.8, 4) is 18.1 Å². The first-order valence-electron chi connectivity index (χ1n) is 7.66. The summed E-state index contributed by atoms with van der Waals surface area (Å²) in [4.78, 5) is 26.0. The molecule has 3 rings (SSSR count). The standard InChI is InChI=1S/C17H16ClFN2O3/c1-2-7-24-15-9-13(11(19)8-10(15)18)21-16(23)4-3-12-17(21)14(22)5-6-20-12/h1,8-9,12,17,20H,3-7H2. The van der Waals surface area contributed by atoms with E-state index >= 15 is 0 Å². The third kappa shape index (κ3) is 2.97.